The van der Waals surface area contributed by atoms with Gasteiger partial charge in [-0.1, -0.05) is 251 Å². The first kappa shape index (κ1) is 67.5. The van der Waals surface area contributed by atoms with Crippen molar-refractivity contribution in [3.05, 3.63) is 35.4 Å². The van der Waals surface area contributed by atoms with E-state index in [1.165, 1.54) is 334 Å². The molecule has 468 valence electrons. The molecule has 81 heavy (non-hydrogen) atoms. The van der Waals surface area contributed by atoms with Crippen LogP contribution in [0, 0.1) is 29.6 Å². The Labute approximate surface area is 502 Å². The largest absolute Gasteiger partial charge is 0.389 e. The van der Waals surface area contributed by atoms with Crippen molar-refractivity contribution in [2.24, 2.45) is 29.6 Å². The van der Waals surface area contributed by atoms with Crippen molar-refractivity contribution in [3.63, 3.8) is 0 Å². The lowest BCUT2D eigenvalue weighted by Crippen LogP contribution is -2.51. The van der Waals surface area contributed by atoms with Crippen LogP contribution < -0.4 is 0 Å². The van der Waals surface area contributed by atoms with Crippen LogP contribution in [0.25, 0.3) is 0 Å². The van der Waals surface area contributed by atoms with Gasteiger partial charge in [0.15, 0.2) is 0 Å². The van der Waals surface area contributed by atoms with Crippen molar-refractivity contribution >= 4 is 0 Å². The number of hydrogen-bond donors (Lipinski definition) is 3. The number of likely N-dealkylation sites (tertiary alicyclic amines) is 3. The van der Waals surface area contributed by atoms with E-state index in [0.717, 1.165) is 44.2 Å². The van der Waals surface area contributed by atoms with Crippen molar-refractivity contribution in [3.8, 4) is 0 Å². The summed E-state index contributed by atoms with van der Waals surface area (Å²) >= 11 is 0. The van der Waals surface area contributed by atoms with E-state index in [1.807, 2.05) is 0 Å². The molecule has 0 bridgehead atoms. The topological polar surface area (TPSA) is 70.4 Å². The Morgan fingerprint density at radius 2 is 0.580 bits per heavy atom. The van der Waals surface area contributed by atoms with E-state index in [0.29, 0.717) is 29.6 Å². The fourth-order valence-corrected chi connectivity index (χ4v) is 17.8. The molecule has 0 amide bonds. The second-order valence-electron chi connectivity index (χ2n) is 30.3. The van der Waals surface area contributed by atoms with Gasteiger partial charge in [-0.3, -0.25) is 0 Å². The molecule has 3 aliphatic heterocycles. The molecular formula is C75H135N3O3. The number of piperidine rings is 3. The van der Waals surface area contributed by atoms with Gasteiger partial charge >= 0.3 is 0 Å². The van der Waals surface area contributed by atoms with Crippen LogP contribution in [0.3, 0.4) is 0 Å². The molecule has 6 unspecified atom stereocenters. The molecule has 0 spiro atoms. The van der Waals surface area contributed by atoms with Crippen LogP contribution in [0.15, 0.2) is 24.3 Å². The molecule has 3 saturated heterocycles. The minimum Gasteiger partial charge on any atom is -0.389 e. The summed E-state index contributed by atoms with van der Waals surface area (Å²) in [7, 11) is 0. The van der Waals surface area contributed by atoms with Crippen molar-refractivity contribution in [2.75, 3.05) is 58.9 Å². The maximum atomic E-state index is 12.3. The molecule has 8 fully saturated rings. The summed E-state index contributed by atoms with van der Waals surface area (Å²) in [6.45, 7) is 17.8. The second-order valence-corrected chi connectivity index (χ2v) is 30.3. The highest BCUT2D eigenvalue weighted by Gasteiger charge is 2.46. The lowest BCUT2D eigenvalue weighted by Gasteiger charge is -2.46. The first-order valence-electron chi connectivity index (χ1n) is 36.9. The third-order valence-corrected chi connectivity index (χ3v) is 23.1. The van der Waals surface area contributed by atoms with Gasteiger partial charge in [-0.2, -0.15) is 0 Å². The molecule has 0 radical (unpaired) electrons. The average Bonchev–Trinajstić information content (AvgIpc) is 4.07. The molecule has 0 aromatic heterocycles. The number of rotatable bonds is 9. The first-order chi connectivity index (χ1) is 39.5. The highest BCUT2D eigenvalue weighted by molar-refractivity contribution is 5.31. The van der Waals surface area contributed by atoms with Crippen LogP contribution in [-0.4, -0.2) is 100 Å². The summed E-state index contributed by atoms with van der Waals surface area (Å²) in [5, 5.41) is 36.4. The monoisotopic (exact) mass is 1130 g/mol. The summed E-state index contributed by atoms with van der Waals surface area (Å²) in [5.74, 6) is 2.55. The quantitative estimate of drug-likeness (QED) is 0.229. The van der Waals surface area contributed by atoms with Gasteiger partial charge in [-0.05, 0) is 170 Å². The molecule has 6 nitrogen and oxygen atoms in total. The van der Waals surface area contributed by atoms with E-state index in [4.69, 9.17) is 0 Å². The van der Waals surface area contributed by atoms with Crippen LogP contribution in [0.4, 0.5) is 0 Å². The summed E-state index contributed by atoms with van der Waals surface area (Å²) < 4.78 is 0. The second kappa shape index (κ2) is 37.0. The van der Waals surface area contributed by atoms with E-state index in [9.17, 15) is 15.3 Å². The Balaban J connectivity index is 0.000000176. The van der Waals surface area contributed by atoms with Crippen molar-refractivity contribution in [1.29, 1.82) is 0 Å². The predicted molar refractivity (Wildman–Crippen MR) is 347 cm³/mol. The zero-order valence-electron chi connectivity index (χ0n) is 54.2. The van der Waals surface area contributed by atoms with Crippen LogP contribution in [0.5, 0.6) is 0 Å². The van der Waals surface area contributed by atoms with E-state index in [2.05, 4.69) is 59.7 Å². The van der Waals surface area contributed by atoms with Gasteiger partial charge in [0.25, 0.3) is 0 Å². The average molecular weight is 1130 g/mol. The highest BCUT2D eigenvalue weighted by atomic mass is 16.3. The smallest absolute Gasteiger partial charge is 0.0936 e. The van der Waals surface area contributed by atoms with Gasteiger partial charge in [0.1, 0.15) is 0 Å². The fraction of sp³-hybridized carbons (Fsp3) is 0.920. The summed E-state index contributed by atoms with van der Waals surface area (Å²) in [4.78, 5) is 8.04. The van der Waals surface area contributed by atoms with Crippen molar-refractivity contribution < 1.29 is 15.3 Å². The van der Waals surface area contributed by atoms with Crippen LogP contribution in [0.1, 0.15) is 340 Å². The van der Waals surface area contributed by atoms with Gasteiger partial charge in [-0.25, -0.2) is 0 Å². The number of benzene rings is 1. The molecular weight excluding hydrogens is 991 g/mol. The fourth-order valence-electron chi connectivity index (χ4n) is 17.8. The summed E-state index contributed by atoms with van der Waals surface area (Å²) in [5.41, 5.74) is 1.24. The van der Waals surface area contributed by atoms with Crippen LogP contribution >= 0.6 is 0 Å². The first-order valence-corrected chi connectivity index (χ1v) is 36.9. The maximum absolute atomic E-state index is 12.3. The van der Waals surface area contributed by atoms with Crippen LogP contribution in [0.2, 0.25) is 0 Å². The normalized spacial score (nSPS) is 32.5. The lowest BCUT2D eigenvalue weighted by molar-refractivity contribution is -0.101. The molecule has 6 heteroatoms. The Morgan fingerprint density at radius 3 is 0.938 bits per heavy atom. The van der Waals surface area contributed by atoms with E-state index >= 15 is 0 Å². The minimum absolute atomic E-state index is 0.154. The van der Waals surface area contributed by atoms with Gasteiger partial charge in [-0.15, -0.1) is 0 Å². The molecule has 8 aliphatic rings. The highest BCUT2D eigenvalue weighted by Crippen LogP contribution is 2.46. The standard InChI is InChI=1S/C28H47NO.C24H45NO.C23H43NO/c1-27(2,3)24-16-18-25(19-17-24)28(30)20-12-9-7-5-4-6-8-11-15-26(28)23-29-21-13-10-14-22-29;26-24(22-15-10-7-11-16-22)18-12-6-4-2-1-3-5-9-17-23(24)21-25-19-13-8-14-20-25;25-23(21-14-9-10-15-21)17-11-6-4-2-1-3-5-8-16-22(23)20-24-18-12-7-13-19-24/h16-19,26,30H,4-15,20-23H2,1-3H3;22-23,26H,1-21H2;21-22,25H,1-20H2. The Bertz CT molecular complexity index is 1730. The number of aliphatic hydroxyl groups is 3. The number of nitrogens with zero attached hydrogens (tertiary/aromatic N) is 3. The molecule has 3 N–H and O–H groups in total. The molecule has 3 heterocycles. The van der Waals surface area contributed by atoms with Crippen LogP contribution in [-0.2, 0) is 11.0 Å². The van der Waals surface area contributed by atoms with Crippen molar-refractivity contribution in [1.82, 2.24) is 14.7 Å². The molecule has 6 atom stereocenters. The molecule has 5 aliphatic carbocycles. The Kier molecular flexibility index (Phi) is 30.8. The summed E-state index contributed by atoms with van der Waals surface area (Å²) in [6.07, 6.45) is 63.4. The van der Waals surface area contributed by atoms with E-state index in [-0.39, 0.29) is 16.6 Å². The zero-order chi connectivity index (χ0) is 56.9. The van der Waals surface area contributed by atoms with Crippen molar-refractivity contribution in [2.45, 2.75) is 351 Å². The van der Waals surface area contributed by atoms with Gasteiger partial charge in [0, 0.05) is 37.4 Å². The number of hydrogen-bond acceptors (Lipinski definition) is 6. The molecule has 1 aromatic carbocycles. The Hall–Kier alpha value is -1.02. The van der Waals surface area contributed by atoms with Gasteiger partial charge in [0.05, 0.1) is 16.8 Å². The predicted octanol–water partition coefficient (Wildman–Crippen LogP) is 19.4. The summed E-state index contributed by atoms with van der Waals surface area (Å²) in [6, 6.07) is 9.02. The lowest BCUT2D eigenvalue weighted by atomic mass is 9.66. The SMILES string of the molecule is CC(C)(C)c1ccc(C2(O)CCCCCCCCCCC2CN2CCCCC2)cc1.OC1(C2CCCC2)CCCCCCCCCCC1CN1CCCCC1.OC1(C2CCCCC2)CCCCCCCCCCC1CN1CCCCC1. The van der Waals surface area contributed by atoms with Gasteiger partial charge < -0.3 is 30.0 Å². The van der Waals surface area contributed by atoms with E-state index < -0.39 is 5.60 Å². The molecule has 5 saturated carbocycles. The molecule has 1 aromatic rings. The third kappa shape index (κ3) is 22.6. The molecule has 9 rings (SSSR count). The van der Waals surface area contributed by atoms with Gasteiger partial charge in [0.2, 0.25) is 0 Å². The zero-order valence-corrected chi connectivity index (χ0v) is 54.2. The van der Waals surface area contributed by atoms with E-state index in [1.54, 1.807) is 0 Å². The minimum atomic E-state index is -0.687. The Morgan fingerprint density at radius 1 is 0.321 bits per heavy atom. The third-order valence-electron chi connectivity index (χ3n) is 23.1. The maximum Gasteiger partial charge on any atom is 0.0936 e.